The van der Waals surface area contributed by atoms with Gasteiger partial charge >= 0.3 is 5.97 Å². The molecule has 4 heteroatoms. The Hall–Kier alpha value is -1.42. The Morgan fingerprint density at radius 1 is 1.42 bits per heavy atom. The summed E-state index contributed by atoms with van der Waals surface area (Å²) in [6, 6.07) is 5.89. The number of esters is 1. The lowest BCUT2D eigenvalue weighted by molar-refractivity contribution is -0.144. The molecule has 0 spiro atoms. The molecule has 1 aromatic carbocycles. The molecule has 3 unspecified atom stereocenters. The lowest BCUT2D eigenvalue weighted by atomic mass is 9.97. The Kier molecular flexibility index (Phi) is 5.96. The summed E-state index contributed by atoms with van der Waals surface area (Å²) in [7, 11) is 1.38. The fourth-order valence-corrected chi connectivity index (χ4v) is 1.97. The quantitative estimate of drug-likeness (QED) is 0.805. The van der Waals surface area contributed by atoms with E-state index in [1.54, 1.807) is 6.07 Å². The maximum absolute atomic E-state index is 13.2. The molecule has 0 saturated carbocycles. The van der Waals surface area contributed by atoms with E-state index in [1.807, 2.05) is 26.8 Å². The number of hydrogen-bond donors (Lipinski definition) is 1. The summed E-state index contributed by atoms with van der Waals surface area (Å²) in [5.74, 6) is -0.398. The number of carbonyl (C=O) groups is 1. The molecule has 1 aromatic rings. The fraction of sp³-hybridized carbons (Fsp3) is 0.533. The van der Waals surface area contributed by atoms with Gasteiger partial charge in [-0.05, 0) is 30.5 Å². The smallest absolute Gasteiger partial charge is 0.323 e. The summed E-state index contributed by atoms with van der Waals surface area (Å²) in [5.41, 5.74) is 0.817. The summed E-state index contributed by atoms with van der Waals surface area (Å²) < 4.78 is 18.0. The van der Waals surface area contributed by atoms with Crippen LogP contribution in [-0.4, -0.2) is 19.1 Å². The van der Waals surface area contributed by atoms with Gasteiger partial charge in [0.2, 0.25) is 0 Å². The van der Waals surface area contributed by atoms with E-state index in [9.17, 15) is 9.18 Å². The summed E-state index contributed by atoms with van der Waals surface area (Å²) in [5, 5.41) is 3.22. The van der Waals surface area contributed by atoms with Crippen LogP contribution in [0.1, 0.15) is 38.8 Å². The van der Waals surface area contributed by atoms with Crippen molar-refractivity contribution >= 4 is 5.97 Å². The highest BCUT2D eigenvalue weighted by Gasteiger charge is 2.26. The van der Waals surface area contributed by atoms with Gasteiger partial charge in [-0.2, -0.15) is 0 Å². The maximum atomic E-state index is 13.2. The van der Waals surface area contributed by atoms with Gasteiger partial charge in [0.1, 0.15) is 11.9 Å². The zero-order valence-electron chi connectivity index (χ0n) is 11.9. The first kappa shape index (κ1) is 15.6. The molecule has 1 rings (SSSR count). The first-order valence-electron chi connectivity index (χ1n) is 6.58. The van der Waals surface area contributed by atoms with Crippen LogP contribution in [0.2, 0.25) is 0 Å². The van der Waals surface area contributed by atoms with Crippen LogP contribution in [0.3, 0.4) is 0 Å². The number of nitrogens with one attached hydrogen (secondary N) is 1. The van der Waals surface area contributed by atoms with E-state index in [0.717, 1.165) is 12.0 Å². The summed E-state index contributed by atoms with van der Waals surface area (Å²) in [4.78, 5) is 11.8. The average Bonchev–Trinajstić information content (AvgIpc) is 2.42. The molecule has 3 nitrogen and oxygen atoms in total. The number of hydrogen-bond acceptors (Lipinski definition) is 3. The Bertz CT molecular complexity index is 422. The molecular formula is C15H22FNO2. The van der Waals surface area contributed by atoms with Crippen molar-refractivity contribution < 1.29 is 13.9 Å². The Morgan fingerprint density at radius 3 is 2.63 bits per heavy atom. The molecule has 0 heterocycles. The predicted octanol–water partition coefficient (Wildman–Crippen LogP) is 3.06. The molecule has 0 fully saturated rings. The van der Waals surface area contributed by atoms with Gasteiger partial charge in [-0.3, -0.25) is 10.1 Å². The number of halogens is 1. The van der Waals surface area contributed by atoms with Crippen molar-refractivity contribution in [3.63, 3.8) is 0 Å². The van der Waals surface area contributed by atoms with Gasteiger partial charge in [0.15, 0.2) is 0 Å². The van der Waals surface area contributed by atoms with Gasteiger partial charge in [0, 0.05) is 6.04 Å². The summed E-state index contributed by atoms with van der Waals surface area (Å²) >= 11 is 0. The standard InChI is InChI=1S/C15H22FNO2/c1-5-10(2)14(15(18)19-4)17-11(3)12-7-6-8-13(16)9-12/h6-11,14,17H,5H2,1-4H3. The van der Waals surface area contributed by atoms with Gasteiger partial charge in [-0.1, -0.05) is 32.4 Å². The van der Waals surface area contributed by atoms with Crippen molar-refractivity contribution in [3.8, 4) is 0 Å². The van der Waals surface area contributed by atoms with E-state index in [-0.39, 0.29) is 29.8 Å². The van der Waals surface area contributed by atoms with Gasteiger partial charge in [0.25, 0.3) is 0 Å². The second-order valence-electron chi connectivity index (χ2n) is 4.83. The third-order valence-electron chi connectivity index (χ3n) is 3.45. The maximum Gasteiger partial charge on any atom is 0.323 e. The van der Waals surface area contributed by atoms with Crippen molar-refractivity contribution in [2.24, 2.45) is 5.92 Å². The van der Waals surface area contributed by atoms with Crippen LogP contribution in [0.4, 0.5) is 4.39 Å². The number of benzene rings is 1. The lowest BCUT2D eigenvalue weighted by Gasteiger charge is -2.26. The lowest BCUT2D eigenvalue weighted by Crippen LogP contribution is -2.43. The zero-order valence-corrected chi connectivity index (χ0v) is 11.9. The molecule has 0 saturated heterocycles. The average molecular weight is 267 g/mol. The molecule has 0 bridgehead atoms. The minimum absolute atomic E-state index is 0.117. The molecule has 0 aliphatic heterocycles. The summed E-state index contributed by atoms with van der Waals surface area (Å²) in [6.45, 7) is 5.93. The molecule has 1 N–H and O–H groups in total. The van der Waals surface area contributed by atoms with Gasteiger partial charge in [-0.25, -0.2) is 4.39 Å². The van der Waals surface area contributed by atoms with Crippen LogP contribution in [0.25, 0.3) is 0 Å². The Morgan fingerprint density at radius 2 is 2.11 bits per heavy atom. The van der Waals surface area contributed by atoms with E-state index in [2.05, 4.69) is 5.32 Å². The van der Waals surface area contributed by atoms with Gasteiger partial charge in [-0.15, -0.1) is 0 Å². The van der Waals surface area contributed by atoms with Crippen LogP contribution in [0.15, 0.2) is 24.3 Å². The number of methoxy groups -OCH3 is 1. The highest BCUT2D eigenvalue weighted by Crippen LogP contribution is 2.18. The zero-order chi connectivity index (χ0) is 14.4. The van der Waals surface area contributed by atoms with E-state index in [1.165, 1.54) is 19.2 Å². The Labute approximate surface area is 114 Å². The molecule has 0 amide bonds. The predicted molar refractivity (Wildman–Crippen MR) is 73.2 cm³/mol. The first-order valence-corrected chi connectivity index (χ1v) is 6.58. The van der Waals surface area contributed by atoms with Gasteiger partial charge < -0.3 is 4.74 Å². The van der Waals surface area contributed by atoms with E-state index < -0.39 is 0 Å². The molecule has 0 aromatic heterocycles. The number of ether oxygens (including phenoxy) is 1. The van der Waals surface area contributed by atoms with Crippen LogP contribution in [0.5, 0.6) is 0 Å². The largest absolute Gasteiger partial charge is 0.468 e. The molecule has 0 aliphatic carbocycles. The second-order valence-corrected chi connectivity index (χ2v) is 4.83. The van der Waals surface area contributed by atoms with E-state index in [0.29, 0.717) is 0 Å². The van der Waals surface area contributed by atoms with Crippen molar-refractivity contribution in [3.05, 3.63) is 35.6 Å². The van der Waals surface area contributed by atoms with Crippen molar-refractivity contribution in [2.45, 2.75) is 39.3 Å². The first-order chi connectivity index (χ1) is 8.99. The van der Waals surface area contributed by atoms with Crippen LogP contribution >= 0.6 is 0 Å². The summed E-state index contributed by atoms with van der Waals surface area (Å²) in [6.07, 6.45) is 0.864. The number of rotatable bonds is 6. The van der Waals surface area contributed by atoms with Crippen LogP contribution in [0, 0.1) is 11.7 Å². The Balaban J connectivity index is 2.81. The normalized spacial score (nSPS) is 15.6. The molecule has 0 aliphatic rings. The third kappa shape index (κ3) is 4.31. The highest BCUT2D eigenvalue weighted by atomic mass is 19.1. The van der Waals surface area contributed by atoms with Crippen molar-refractivity contribution in [2.75, 3.05) is 7.11 Å². The monoisotopic (exact) mass is 267 g/mol. The van der Waals surface area contributed by atoms with Crippen LogP contribution < -0.4 is 5.32 Å². The van der Waals surface area contributed by atoms with E-state index >= 15 is 0 Å². The molecule has 19 heavy (non-hydrogen) atoms. The fourth-order valence-electron chi connectivity index (χ4n) is 1.97. The highest BCUT2D eigenvalue weighted by molar-refractivity contribution is 5.76. The minimum Gasteiger partial charge on any atom is -0.468 e. The number of carbonyl (C=O) groups excluding carboxylic acids is 1. The molecule has 0 radical (unpaired) electrons. The van der Waals surface area contributed by atoms with E-state index in [4.69, 9.17) is 4.74 Å². The van der Waals surface area contributed by atoms with Crippen molar-refractivity contribution in [1.82, 2.24) is 5.32 Å². The topological polar surface area (TPSA) is 38.3 Å². The SMILES string of the molecule is CCC(C)C(NC(C)c1cccc(F)c1)C(=O)OC. The van der Waals surface area contributed by atoms with Crippen molar-refractivity contribution in [1.29, 1.82) is 0 Å². The third-order valence-corrected chi connectivity index (χ3v) is 3.45. The second kappa shape index (κ2) is 7.24. The molecule has 106 valence electrons. The van der Waals surface area contributed by atoms with Gasteiger partial charge in [0.05, 0.1) is 7.11 Å². The van der Waals surface area contributed by atoms with Crippen LogP contribution in [-0.2, 0) is 9.53 Å². The minimum atomic E-state index is -0.381. The molecular weight excluding hydrogens is 245 g/mol. The molecule has 3 atom stereocenters.